The molecule has 1 aromatic carbocycles. The third kappa shape index (κ3) is 3.88. The highest BCUT2D eigenvalue weighted by Crippen LogP contribution is 2.32. The number of rotatable bonds is 2. The first-order chi connectivity index (χ1) is 9.63. The van der Waals surface area contributed by atoms with Crippen molar-refractivity contribution in [3.8, 4) is 0 Å². The highest BCUT2D eigenvalue weighted by Gasteiger charge is 2.32. The summed E-state index contributed by atoms with van der Waals surface area (Å²) in [4.78, 5) is 0.265. The molecule has 118 valence electrons. The van der Waals surface area contributed by atoms with Gasteiger partial charge in [0.1, 0.15) is 0 Å². The lowest BCUT2D eigenvalue weighted by Gasteiger charge is -2.23. The van der Waals surface area contributed by atoms with E-state index in [-0.39, 0.29) is 4.90 Å². The number of nitrogens with zero attached hydrogens (tertiary/aromatic N) is 1. The molecule has 1 aliphatic heterocycles. The second-order valence-electron chi connectivity index (χ2n) is 5.79. The average molecular weight is 441 g/mol. The van der Waals surface area contributed by atoms with E-state index in [1.54, 1.807) is 19.1 Å². The molecule has 1 atom stereocenters. The second-order valence-corrected chi connectivity index (χ2v) is 9.40. The van der Waals surface area contributed by atoms with Gasteiger partial charge in [0.05, 0.1) is 10.5 Å². The number of sulfonamides is 1. The average Bonchev–Trinajstić information content (AvgIpc) is 2.55. The third-order valence-electron chi connectivity index (χ3n) is 3.85. The fourth-order valence-electron chi connectivity index (χ4n) is 2.44. The summed E-state index contributed by atoms with van der Waals surface area (Å²) in [5.74, 6) is 0. The molecule has 1 aliphatic rings. The lowest BCUT2D eigenvalue weighted by molar-refractivity contribution is 0.0465. The van der Waals surface area contributed by atoms with Crippen molar-refractivity contribution in [2.45, 2.75) is 43.6 Å². The maximum atomic E-state index is 12.8. The molecule has 1 aromatic rings. The molecular formula is C14H19Br2NO3S. The molecule has 1 fully saturated rings. The fraction of sp³-hybridized carbons (Fsp3) is 0.571. The van der Waals surface area contributed by atoms with Crippen LogP contribution < -0.4 is 0 Å². The van der Waals surface area contributed by atoms with Gasteiger partial charge in [0.25, 0.3) is 0 Å². The van der Waals surface area contributed by atoms with Crippen LogP contribution in [0.3, 0.4) is 0 Å². The van der Waals surface area contributed by atoms with Crippen molar-refractivity contribution in [2.75, 3.05) is 13.1 Å². The normalized spacial score (nSPS) is 24.8. The maximum absolute atomic E-state index is 12.8. The summed E-state index contributed by atoms with van der Waals surface area (Å²) in [5.41, 5.74) is 0.189. The first-order valence-electron chi connectivity index (χ1n) is 6.82. The maximum Gasteiger partial charge on any atom is 0.244 e. The molecule has 0 spiro atoms. The lowest BCUT2D eigenvalue weighted by atomic mass is 9.98. The highest BCUT2D eigenvalue weighted by atomic mass is 79.9. The van der Waals surface area contributed by atoms with E-state index in [0.717, 1.165) is 10.0 Å². The van der Waals surface area contributed by atoms with E-state index in [1.165, 1.54) is 4.31 Å². The molecule has 4 nitrogen and oxygen atoms in total. The molecule has 1 N–H and O–H groups in total. The van der Waals surface area contributed by atoms with Crippen LogP contribution in [0.5, 0.6) is 0 Å². The molecule has 1 heterocycles. The Hall–Kier alpha value is 0.0500. The Labute approximate surface area is 142 Å². The van der Waals surface area contributed by atoms with E-state index in [9.17, 15) is 13.5 Å². The van der Waals surface area contributed by atoms with Gasteiger partial charge in [-0.15, -0.1) is 0 Å². The minimum absolute atomic E-state index is 0.265. The number of hydrogen-bond acceptors (Lipinski definition) is 3. The van der Waals surface area contributed by atoms with Crippen LogP contribution >= 0.6 is 31.9 Å². The summed E-state index contributed by atoms with van der Waals surface area (Å²) in [7, 11) is -3.56. The minimum atomic E-state index is -3.56. The Morgan fingerprint density at radius 2 is 1.86 bits per heavy atom. The first kappa shape index (κ1) is 17.4. The smallest absolute Gasteiger partial charge is 0.244 e. The van der Waals surface area contributed by atoms with Gasteiger partial charge in [0.2, 0.25) is 10.0 Å². The van der Waals surface area contributed by atoms with Gasteiger partial charge in [-0.2, -0.15) is 4.31 Å². The van der Waals surface area contributed by atoms with Gasteiger partial charge in [0, 0.05) is 22.0 Å². The largest absolute Gasteiger partial charge is 0.390 e. The summed E-state index contributed by atoms with van der Waals surface area (Å²) in [6, 6.07) is 3.43. The quantitative estimate of drug-likeness (QED) is 0.766. The Bertz CT molecular complexity index is 644. The Balaban J connectivity index is 2.36. The zero-order valence-electron chi connectivity index (χ0n) is 12.1. The van der Waals surface area contributed by atoms with Crippen molar-refractivity contribution >= 4 is 41.9 Å². The molecule has 0 radical (unpaired) electrons. The van der Waals surface area contributed by atoms with Gasteiger partial charge in [-0.1, -0.05) is 15.9 Å². The van der Waals surface area contributed by atoms with Crippen LogP contribution in [0.1, 0.15) is 31.7 Å². The molecule has 0 aliphatic carbocycles. The van der Waals surface area contributed by atoms with Gasteiger partial charge in [-0.3, -0.25) is 0 Å². The SMILES string of the molecule is Cc1cc(Br)c(S(=O)(=O)N2CCCC(C)(O)CC2)cc1Br. The predicted octanol–water partition coefficient (Wildman–Crippen LogP) is 3.45. The summed E-state index contributed by atoms with van der Waals surface area (Å²) >= 11 is 6.74. The summed E-state index contributed by atoms with van der Waals surface area (Å²) in [6.45, 7) is 4.46. The van der Waals surface area contributed by atoms with Crippen molar-refractivity contribution in [3.05, 3.63) is 26.6 Å². The van der Waals surface area contributed by atoms with Crippen LogP contribution in [0.15, 0.2) is 26.0 Å². The molecule has 0 amide bonds. The molecule has 21 heavy (non-hydrogen) atoms. The first-order valence-corrected chi connectivity index (χ1v) is 9.84. The van der Waals surface area contributed by atoms with Crippen LogP contribution in [0.4, 0.5) is 0 Å². The molecule has 1 saturated heterocycles. The van der Waals surface area contributed by atoms with Crippen molar-refractivity contribution in [1.82, 2.24) is 4.31 Å². The van der Waals surface area contributed by atoms with Gasteiger partial charge in [-0.25, -0.2) is 8.42 Å². The standard InChI is InChI=1S/C14H19Br2NO3S/c1-10-8-12(16)13(9-11(10)15)21(19,20)17-6-3-4-14(2,18)5-7-17/h8-9,18H,3-7H2,1-2H3. The van der Waals surface area contributed by atoms with Crippen molar-refractivity contribution in [1.29, 1.82) is 0 Å². The van der Waals surface area contributed by atoms with E-state index >= 15 is 0 Å². The van der Waals surface area contributed by atoms with Gasteiger partial charge in [0.15, 0.2) is 0 Å². The Morgan fingerprint density at radius 1 is 1.19 bits per heavy atom. The van der Waals surface area contributed by atoms with E-state index in [2.05, 4.69) is 31.9 Å². The summed E-state index contributed by atoms with van der Waals surface area (Å²) in [5, 5.41) is 10.1. The van der Waals surface area contributed by atoms with Crippen LogP contribution in [-0.2, 0) is 10.0 Å². The Kier molecular flexibility index (Phi) is 5.20. The molecule has 1 unspecified atom stereocenters. The van der Waals surface area contributed by atoms with Gasteiger partial charge >= 0.3 is 0 Å². The topological polar surface area (TPSA) is 57.6 Å². The Morgan fingerprint density at radius 3 is 2.52 bits per heavy atom. The van der Waals surface area contributed by atoms with Crippen LogP contribution in [0.25, 0.3) is 0 Å². The van der Waals surface area contributed by atoms with Crippen LogP contribution in [-0.4, -0.2) is 36.5 Å². The number of aliphatic hydroxyl groups is 1. The van der Waals surface area contributed by atoms with E-state index in [1.807, 2.05) is 6.92 Å². The highest BCUT2D eigenvalue weighted by molar-refractivity contribution is 9.11. The van der Waals surface area contributed by atoms with E-state index < -0.39 is 15.6 Å². The number of benzene rings is 1. The van der Waals surface area contributed by atoms with Crippen molar-refractivity contribution in [3.63, 3.8) is 0 Å². The molecule has 0 bridgehead atoms. The van der Waals surface area contributed by atoms with Crippen LogP contribution in [0.2, 0.25) is 0 Å². The van der Waals surface area contributed by atoms with E-state index in [0.29, 0.717) is 36.8 Å². The second kappa shape index (κ2) is 6.28. The molecule has 0 saturated carbocycles. The predicted molar refractivity (Wildman–Crippen MR) is 89.8 cm³/mol. The van der Waals surface area contributed by atoms with E-state index in [4.69, 9.17) is 0 Å². The zero-order chi connectivity index (χ0) is 15.8. The summed E-state index contributed by atoms with van der Waals surface area (Å²) in [6.07, 6.45) is 1.74. The number of aryl methyl sites for hydroxylation is 1. The monoisotopic (exact) mass is 439 g/mol. The third-order valence-corrected chi connectivity index (χ3v) is 7.57. The minimum Gasteiger partial charge on any atom is -0.390 e. The fourth-order valence-corrected chi connectivity index (χ4v) is 5.56. The van der Waals surface area contributed by atoms with Crippen LogP contribution in [0, 0.1) is 6.92 Å². The molecule has 0 aromatic heterocycles. The number of halogens is 2. The van der Waals surface area contributed by atoms with Crippen molar-refractivity contribution < 1.29 is 13.5 Å². The molecule has 7 heteroatoms. The molecular weight excluding hydrogens is 422 g/mol. The van der Waals surface area contributed by atoms with Gasteiger partial charge < -0.3 is 5.11 Å². The number of hydrogen-bond donors (Lipinski definition) is 1. The molecule has 2 rings (SSSR count). The van der Waals surface area contributed by atoms with Crippen molar-refractivity contribution in [2.24, 2.45) is 0 Å². The zero-order valence-corrected chi connectivity index (χ0v) is 16.1. The van der Waals surface area contributed by atoms with Gasteiger partial charge in [-0.05, 0) is 66.7 Å². The lowest BCUT2D eigenvalue weighted by Crippen LogP contribution is -2.33. The summed E-state index contributed by atoms with van der Waals surface area (Å²) < 4.78 is 28.5.